The zero-order chi connectivity index (χ0) is 14.4. The average Bonchev–Trinajstić information content (AvgIpc) is 2.72. The van der Waals surface area contributed by atoms with Crippen LogP contribution in [0.2, 0.25) is 0 Å². The van der Waals surface area contributed by atoms with E-state index in [9.17, 15) is 4.89 Å². The third-order valence-electron chi connectivity index (χ3n) is 1.74. The van der Waals surface area contributed by atoms with Crippen molar-refractivity contribution in [1.29, 1.82) is 0 Å². The first-order valence-electron chi connectivity index (χ1n) is 5.93. The SMILES string of the molecule is CC(C)CP(O)CC(C)C.[Br][Ir+][Br].[C-]1=CC=CC1. The summed E-state index contributed by atoms with van der Waals surface area (Å²) in [6.07, 6.45) is 12.0. The van der Waals surface area contributed by atoms with Crippen LogP contribution in [-0.2, 0) is 13.7 Å². The van der Waals surface area contributed by atoms with Crippen molar-refractivity contribution in [2.24, 2.45) is 11.8 Å². The van der Waals surface area contributed by atoms with Crippen LogP contribution in [0.25, 0.3) is 0 Å². The Morgan fingerprint density at radius 1 is 1.22 bits per heavy atom. The number of hydrogen-bond donors (Lipinski definition) is 1. The molecule has 110 valence electrons. The van der Waals surface area contributed by atoms with E-state index in [2.05, 4.69) is 66.8 Å². The Bertz CT molecular complexity index is 201. The zero-order valence-electron chi connectivity index (χ0n) is 11.5. The van der Waals surface area contributed by atoms with Crippen LogP contribution in [0.3, 0.4) is 0 Å². The van der Waals surface area contributed by atoms with Gasteiger partial charge in [-0.15, -0.1) is 6.42 Å². The van der Waals surface area contributed by atoms with Crippen LogP contribution in [0.15, 0.2) is 18.2 Å². The second-order valence-electron chi connectivity index (χ2n) is 4.71. The minimum absolute atomic E-state index is 0.125. The average molecular weight is 579 g/mol. The van der Waals surface area contributed by atoms with Crippen LogP contribution in [-0.4, -0.2) is 17.2 Å². The minimum Gasteiger partial charge on any atom is -0.273 e. The van der Waals surface area contributed by atoms with Crippen LogP contribution < -0.4 is 0 Å². The van der Waals surface area contributed by atoms with E-state index in [0.29, 0.717) is 11.8 Å². The Labute approximate surface area is 135 Å². The molecule has 0 aromatic rings. The van der Waals surface area contributed by atoms with Crippen LogP contribution in [0.1, 0.15) is 34.1 Å². The maximum Gasteiger partial charge on any atom is -0.109 e. The molecule has 0 bridgehead atoms. The van der Waals surface area contributed by atoms with E-state index < -0.39 is 8.15 Å². The molecule has 0 heterocycles. The fraction of sp³-hybridized carbons (Fsp3) is 0.692. The second-order valence-corrected chi connectivity index (χ2v) is 16.9. The van der Waals surface area contributed by atoms with Gasteiger partial charge in [0.25, 0.3) is 0 Å². The molecule has 1 rings (SSSR count). The summed E-state index contributed by atoms with van der Waals surface area (Å²) in [5, 5.41) is 0. The standard InChI is InChI=1S/C8H19OP.C5H5.2BrH.Ir/c1-7(2)5-10(9)6-8(3)4;1-2-4-5-3-1;;;/h7-9H,5-6H2,1-4H3;1-3H,4H2;2*1H;/q;-1;;;+3/p-2. The number of rotatable bonds is 4. The summed E-state index contributed by atoms with van der Waals surface area (Å²) >= 11 is 6.50. The quantitative estimate of drug-likeness (QED) is 0.336. The molecule has 0 aromatic carbocycles. The Morgan fingerprint density at radius 2 is 1.67 bits per heavy atom. The fourth-order valence-corrected chi connectivity index (χ4v) is 3.09. The van der Waals surface area contributed by atoms with Gasteiger partial charge >= 0.3 is 40.7 Å². The molecule has 1 nitrogen and oxygen atoms in total. The van der Waals surface area contributed by atoms with Gasteiger partial charge in [-0.25, -0.2) is 12.2 Å². The maximum absolute atomic E-state index is 9.45. The maximum atomic E-state index is 9.45. The molecule has 0 aromatic heterocycles. The number of hydrogen-bond acceptors (Lipinski definition) is 1. The van der Waals surface area contributed by atoms with Crippen molar-refractivity contribution in [1.82, 2.24) is 0 Å². The van der Waals surface area contributed by atoms with Gasteiger partial charge in [0.05, 0.1) is 0 Å². The minimum atomic E-state index is -0.659. The van der Waals surface area contributed by atoms with Crippen molar-refractivity contribution >= 4 is 35.1 Å². The molecule has 5 heteroatoms. The number of allylic oxidation sites excluding steroid dienone is 4. The molecule has 1 N–H and O–H groups in total. The van der Waals surface area contributed by atoms with E-state index >= 15 is 0 Å². The fourth-order valence-electron chi connectivity index (χ4n) is 1.26. The van der Waals surface area contributed by atoms with Gasteiger partial charge in [-0.05, 0) is 24.2 Å². The van der Waals surface area contributed by atoms with E-state index in [0.717, 1.165) is 18.7 Å². The summed E-state index contributed by atoms with van der Waals surface area (Å²) in [4.78, 5) is 9.45. The Morgan fingerprint density at radius 3 is 1.83 bits per heavy atom. The first-order valence-corrected chi connectivity index (χ1v) is 18.1. The molecule has 0 saturated carbocycles. The van der Waals surface area contributed by atoms with Gasteiger partial charge < -0.3 is 4.89 Å². The summed E-state index contributed by atoms with van der Waals surface area (Å²) in [6, 6.07) is 0. The molecule has 0 spiro atoms. The summed E-state index contributed by atoms with van der Waals surface area (Å²) in [5.41, 5.74) is 0. The summed E-state index contributed by atoms with van der Waals surface area (Å²) < 4.78 is 0. The predicted molar refractivity (Wildman–Crippen MR) is 88.0 cm³/mol. The largest absolute Gasteiger partial charge is 0.273 e. The predicted octanol–water partition coefficient (Wildman–Crippen LogP) is 5.68. The third kappa shape index (κ3) is 22.6. The Hall–Kier alpha value is 1.48. The van der Waals surface area contributed by atoms with Crippen molar-refractivity contribution in [3.63, 3.8) is 0 Å². The van der Waals surface area contributed by atoms with E-state index in [1.165, 1.54) is 0 Å². The molecule has 18 heavy (non-hydrogen) atoms. The van der Waals surface area contributed by atoms with Gasteiger partial charge in [0.2, 0.25) is 0 Å². The van der Waals surface area contributed by atoms with Gasteiger partial charge in [-0.2, -0.15) is 6.08 Å². The van der Waals surface area contributed by atoms with Crippen molar-refractivity contribution in [3.8, 4) is 0 Å². The zero-order valence-corrected chi connectivity index (χ0v) is 18.0. The van der Waals surface area contributed by atoms with Crippen LogP contribution in [0.4, 0.5) is 0 Å². The molecule has 0 fully saturated rings. The molecule has 0 saturated heterocycles. The molecular formula is C13H24Br2IrOP. The summed E-state index contributed by atoms with van der Waals surface area (Å²) in [6.45, 7) is 8.63. The van der Waals surface area contributed by atoms with E-state index in [-0.39, 0.29) is 13.7 Å². The molecular weight excluding hydrogens is 555 g/mol. The van der Waals surface area contributed by atoms with E-state index in [1.807, 2.05) is 12.2 Å². The van der Waals surface area contributed by atoms with Gasteiger partial charge in [0.1, 0.15) is 0 Å². The molecule has 1 aliphatic carbocycles. The smallest absolute Gasteiger partial charge is 0.109 e. The Balaban J connectivity index is 0. The van der Waals surface area contributed by atoms with E-state index in [1.54, 1.807) is 0 Å². The van der Waals surface area contributed by atoms with Gasteiger partial charge in [0.15, 0.2) is 0 Å². The van der Waals surface area contributed by atoms with Gasteiger partial charge in [0, 0.05) is 8.15 Å². The van der Waals surface area contributed by atoms with Crippen molar-refractivity contribution in [2.45, 2.75) is 34.1 Å². The third-order valence-corrected chi connectivity index (χ3v) is 4.04. The van der Waals surface area contributed by atoms with Crippen molar-refractivity contribution in [3.05, 3.63) is 24.3 Å². The molecule has 0 unspecified atom stereocenters. The normalized spacial score (nSPS) is 12.8. The van der Waals surface area contributed by atoms with Crippen LogP contribution in [0, 0.1) is 17.9 Å². The summed E-state index contributed by atoms with van der Waals surface area (Å²) in [5.74, 6) is 1.30. The first kappa shape index (κ1) is 21.8. The molecule has 0 atom stereocenters. The van der Waals surface area contributed by atoms with Crippen molar-refractivity contribution in [2.75, 3.05) is 12.3 Å². The van der Waals surface area contributed by atoms with E-state index in [4.69, 9.17) is 0 Å². The molecule has 0 aliphatic heterocycles. The molecule has 0 radical (unpaired) electrons. The first-order chi connectivity index (χ1) is 8.43. The second kappa shape index (κ2) is 16.5. The molecule has 0 amide bonds. The monoisotopic (exact) mass is 578 g/mol. The van der Waals surface area contributed by atoms with Crippen molar-refractivity contribution < 1.29 is 18.6 Å². The van der Waals surface area contributed by atoms with Gasteiger partial charge in [-0.1, -0.05) is 27.7 Å². The van der Waals surface area contributed by atoms with Crippen LogP contribution in [0.5, 0.6) is 0 Å². The Kier molecular flexibility index (Phi) is 20.0. The molecule has 1 aliphatic rings. The van der Waals surface area contributed by atoms with Crippen LogP contribution >= 0.6 is 35.1 Å². The van der Waals surface area contributed by atoms with Gasteiger partial charge in [-0.3, -0.25) is 6.08 Å². The topological polar surface area (TPSA) is 20.2 Å². The number of halogens is 2. The summed E-state index contributed by atoms with van der Waals surface area (Å²) in [7, 11) is -0.659.